The monoisotopic (exact) mass is 467 g/mol. The van der Waals surface area contributed by atoms with Gasteiger partial charge in [0, 0.05) is 37.4 Å². The van der Waals surface area contributed by atoms with Gasteiger partial charge in [-0.15, -0.1) is 23.5 Å². The van der Waals surface area contributed by atoms with Gasteiger partial charge in [0.15, 0.2) is 0 Å². The zero-order valence-corrected chi connectivity index (χ0v) is 19.4. The number of fused-ring (bicyclic) bond motifs is 1. The molecule has 30 heavy (non-hydrogen) atoms. The van der Waals surface area contributed by atoms with Crippen molar-refractivity contribution in [2.45, 2.75) is 24.3 Å². The number of aryl methyl sites for hydroxylation is 1. The molecule has 10 heteroatoms. The van der Waals surface area contributed by atoms with Crippen molar-refractivity contribution >= 4 is 45.1 Å². The third kappa shape index (κ3) is 5.00. The number of hydrogen-bond acceptors (Lipinski definition) is 8. The molecule has 0 saturated heterocycles. The largest absolute Gasteiger partial charge is 0.396 e. The Bertz CT molecular complexity index is 1110. The number of nitrogens with zero attached hydrogens (tertiary/aromatic N) is 3. The van der Waals surface area contributed by atoms with Gasteiger partial charge in [0.05, 0.1) is 20.7 Å². The molecule has 2 heterocycles. The molecule has 3 rings (SSSR count). The number of rotatable bonds is 10. The summed E-state index contributed by atoms with van der Waals surface area (Å²) in [6.07, 6.45) is 1.40. The molecule has 0 aliphatic heterocycles. The first kappa shape index (κ1) is 23.1. The number of aromatic nitrogens is 3. The summed E-state index contributed by atoms with van der Waals surface area (Å²) in [5, 5.41) is 19.2. The summed E-state index contributed by atoms with van der Waals surface area (Å²) in [4.78, 5) is 25.2. The van der Waals surface area contributed by atoms with E-state index in [9.17, 15) is 9.59 Å². The molecule has 0 saturated carbocycles. The van der Waals surface area contributed by atoms with Gasteiger partial charge < -0.3 is 14.8 Å². The van der Waals surface area contributed by atoms with Crippen LogP contribution in [0.4, 0.5) is 0 Å². The summed E-state index contributed by atoms with van der Waals surface area (Å²) < 4.78 is 8.34. The molecule has 0 unspecified atom stereocenters. The van der Waals surface area contributed by atoms with Gasteiger partial charge >= 0.3 is 5.69 Å². The predicted molar refractivity (Wildman–Crippen MR) is 126 cm³/mol. The summed E-state index contributed by atoms with van der Waals surface area (Å²) in [7, 11) is 1.65. The van der Waals surface area contributed by atoms with Gasteiger partial charge in [0.1, 0.15) is 0 Å². The van der Waals surface area contributed by atoms with Crippen LogP contribution < -0.4 is 11.2 Å². The summed E-state index contributed by atoms with van der Waals surface area (Å²) in [5.41, 5.74) is 1.30. The maximum absolute atomic E-state index is 12.7. The third-order valence-corrected chi connectivity index (χ3v) is 8.42. The Hall–Kier alpha value is -1.59. The molecule has 2 aromatic heterocycles. The zero-order valence-electron chi connectivity index (χ0n) is 16.9. The highest BCUT2D eigenvalue weighted by molar-refractivity contribution is 8.16. The van der Waals surface area contributed by atoms with Crippen molar-refractivity contribution < 1.29 is 10.2 Å². The van der Waals surface area contributed by atoms with E-state index < -0.39 is 0 Å². The van der Waals surface area contributed by atoms with Crippen LogP contribution in [0, 0.1) is 6.92 Å². The first-order valence-corrected chi connectivity index (χ1v) is 12.5. The molecule has 7 nitrogen and oxygen atoms in total. The molecule has 0 atom stereocenters. The number of benzene rings is 1. The lowest BCUT2D eigenvalue weighted by molar-refractivity contribution is 0.296. The summed E-state index contributed by atoms with van der Waals surface area (Å²) in [6.45, 7) is 2.01. The lowest BCUT2D eigenvalue weighted by Gasteiger charge is -2.15. The van der Waals surface area contributed by atoms with Gasteiger partial charge in [-0.2, -0.15) is 4.37 Å². The molecule has 0 aliphatic rings. The van der Waals surface area contributed by atoms with Crippen LogP contribution in [0.1, 0.15) is 28.8 Å². The highest BCUT2D eigenvalue weighted by Crippen LogP contribution is 2.43. The first-order chi connectivity index (χ1) is 14.5. The maximum Gasteiger partial charge on any atom is 0.335 e. The maximum atomic E-state index is 12.7. The fraction of sp³-hybridized carbons (Fsp3) is 0.450. The second kappa shape index (κ2) is 10.6. The molecule has 0 bridgehead atoms. The zero-order chi connectivity index (χ0) is 21.7. The van der Waals surface area contributed by atoms with Gasteiger partial charge in [-0.05, 0) is 61.0 Å². The number of thioether (sulfide) groups is 2. The highest BCUT2D eigenvalue weighted by Gasteiger charge is 2.20. The number of hydrogen-bond donors (Lipinski definition) is 2. The lowest BCUT2D eigenvalue weighted by atomic mass is 10.2. The van der Waals surface area contributed by atoms with E-state index in [2.05, 4.69) is 4.37 Å². The summed E-state index contributed by atoms with van der Waals surface area (Å²) >= 11 is 4.82. The fourth-order valence-electron chi connectivity index (χ4n) is 2.94. The molecular formula is C20H25N3O4S3. The van der Waals surface area contributed by atoms with Crippen LogP contribution in [0.3, 0.4) is 0 Å². The Labute approximate surface area is 186 Å². The van der Waals surface area contributed by atoms with E-state index in [-0.39, 0.29) is 29.0 Å². The van der Waals surface area contributed by atoms with Crippen LogP contribution in [0.2, 0.25) is 0 Å². The first-order valence-electron chi connectivity index (χ1n) is 9.62. The van der Waals surface area contributed by atoms with Crippen molar-refractivity contribution in [3.8, 4) is 5.69 Å². The van der Waals surface area contributed by atoms with Crippen molar-refractivity contribution in [3.63, 3.8) is 0 Å². The van der Waals surface area contributed by atoms with E-state index in [1.54, 1.807) is 43.6 Å². The van der Waals surface area contributed by atoms with Gasteiger partial charge in [-0.25, -0.2) is 9.36 Å². The molecule has 0 fully saturated rings. The Balaban J connectivity index is 2.04. The number of aliphatic hydroxyl groups is 2. The van der Waals surface area contributed by atoms with E-state index in [1.165, 1.54) is 26.7 Å². The summed E-state index contributed by atoms with van der Waals surface area (Å²) in [6, 6.07) is 6.98. The second-order valence-electron chi connectivity index (χ2n) is 6.78. The van der Waals surface area contributed by atoms with Crippen LogP contribution >= 0.6 is 35.1 Å². The molecular weight excluding hydrogens is 442 g/mol. The van der Waals surface area contributed by atoms with Crippen molar-refractivity contribution in [1.82, 2.24) is 13.5 Å². The van der Waals surface area contributed by atoms with Crippen LogP contribution in [0.25, 0.3) is 15.8 Å². The third-order valence-electron chi connectivity index (χ3n) is 4.67. The van der Waals surface area contributed by atoms with Crippen LogP contribution in [-0.2, 0) is 7.05 Å². The van der Waals surface area contributed by atoms with Crippen LogP contribution in [-0.4, -0.2) is 48.4 Å². The lowest BCUT2D eigenvalue weighted by Crippen LogP contribution is -2.38. The van der Waals surface area contributed by atoms with E-state index >= 15 is 0 Å². The van der Waals surface area contributed by atoms with E-state index in [0.717, 1.165) is 27.3 Å². The quantitative estimate of drug-likeness (QED) is 0.349. The SMILES string of the molecule is Cc1cc(=O)n(-c2ccc3snc(C(SCCCO)SCCCO)c3c2)c(=O)n1C. The van der Waals surface area contributed by atoms with Gasteiger partial charge in [-0.1, -0.05) is 0 Å². The number of aliphatic hydroxyl groups excluding tert-OH is 2. The van der Waals surface area contributed by atoms with Crippen molar-refractivity contribution in [2.24, 2.45) is 7.05 Å². The van der Waals surface area contributed by atoms with Crippen LogP contribution in [0.5, 0.6) is 0 Å². The Morgan fingerprint density at radius 2 is 1.77 bits per heavy atom. The van der Waals surface area contributed by atoms with Crippen LogP contribution in [0.15, 0.2) is 33.9 Å². The normalized spacial score (nSPS) is 11.6. The smallest absolute Gasteiger partial charge is 0.335 e. The predicted octanol–water partition coefficient (Wildman–Crippen LogP) is 2.68. The Morgan fingerprint density at radius 1 is 1.10 bits per heavy atom. The van der Waals surface area contributed by atoms with Gasteiger partial charge in [0.2, 0.25) is 0 Å². The topological polar surface area (TPSA) is 97.4 Å². The Kier molecular flexibility index (Phi) is 8.18. The van der Waals surface area contributed by atoms with E-state index in [1.807, 2.05) is 12.1 Å². The molecule has 162 valence electrons. The minimum atomic E-state index is -0.379. The minimum Gasteiger partial charge on any atom is -0.396 e. The molecule has 2 N–H and O–H groups in total. The minimum absolute atomic E-state index is 0.0460. The van der Waals surface area contributed by atoms with Crippen molar-refractivity contribution in [1.29, 1.82) is 0 Å². The fourth-order valence-corrected chi connectivity index (χ4v) is 6.52. The van der Waals surface area contributed by atoms with Gasteiger partial charge in [0.25, 0.3) is 5.56 Å². The average molecular weight is 468 g/mol. The standard InChI is InChI=1S/C20H25N3O4S3/c1-13-11-17(26)23(20(27)22(13)2)14-5-6-16-15(12-14)18(21-30-16)19(28-9-3-7-24)29-10-4-8-25/h5-6,11-12,19,24-25H,3-4,7-10H2,1-2H3. The molecule has 1 aromatic carbocycles. The Morgan fingerprint density at radius 3 is 2.40 bits per heavy atom. The van der Waals surface area contributed by atoms with E-state index in [4.69, 9.17) is 10.2 Å². The molecule has 3 aromatic rings. The van der Waals surface area contributed by atoms with E-state index in [0.29, 0.717) is 24.2 Å². The molecule has 0 aliphatic carbocycles. The summed E-state index contributed by atoms with van der Waals surface area (Å²) in [5.74, 6) is 1.59. The molecule has 0 radical (unpaired) electrons. The van der Waals surface area contributed by atoms with Crippen molar-refractivity contribution in [3.05, 3.63) is 56.5 Å². The molecule has 0 amide bonds. The molecule has 0 spiro atoms. The van der Waals surface area contributed by atoms with Gasteiger partial charge in [-0.3, -0.25) is 4.79 Å². The van der Waals surface area contributed by atoms with Crippen molar-refractivity contribution in [2.75, 3.05) is 24.7 Å². The second-order valence-corrected chi connectivity index (χ2v) is 10.3. The average Bonchev–Trinajstić information content (AvgIpc) is 3.14. The highest BCUT2D eigenvalue weighted by atomic mass is 32.2.